The van der Waals surface area contributed by atoms with E-state index >= 15 is 0 Å². The van der Waals surface area contributed by atoms with Crippen molar-refractivity contribution in [3.8, 4) is 0 Å². The number of amides is 3. The Labute approximate surface area is 176 Å². The van der Waals surface area contributed by atoms with E-state index in [-0.39, 0.29) is 43.0 Å². The molecule has 8 heteroatoms. The first-order chi connectivity index (χ1) is 14.4. The van der Waals surface area contributed by atoms with Crippen LogP contribution in [0.1, 0.15) is 33.1 Å². The summed E-state index contributed by atoms with van der Waals surface area (Å²) in [5.41, 5.74) is -0.328. The van der Waals surface area contributed by atoms with E-state index in [0.29, 0.717) is 24.9 Å². The zero-order valence-corrected chi connectivity index (χ0v) is 17.3. The van der Waals surface area contributed by atoms with Gasteiger partial charge in [-0.05, 0) is 45.2 Å². The van der Waals surface area contributed by atoms with Gasteiger partial charge in [0.1, 0.15) is 11.6 Å². The van der Waals surface area contributed by atoms with E-state index in [0.717, 1.165) is 0 Å². The van der Waals surface area contributed by atoms with Gasteiger partial charge >= 0.3 is 0 Å². The second-order valence-corrected chi connectivity index (χ2v) is 8.68. The molecule has 3 N–H and O–H groups in total. The van der Waals surface area contributed by atoms with Crippen LogP contribution in [0.2, 0.25) is 0 Å². The molecule has 0 aromatic heterocycles. The van der Waals surface area contributed by atoms with Gasteiger partial charge in [0.2, 0.25) is 17.7 Å². The molecule has 2 bridgehead atoms. The van der Waals surface area contributed by atoms with Gasteiger partial charge < -0.3 is 25.4 Å². The highest BCUT2D eigenvalue weighted by atomic mass is 16.5. The Morgan fingerprint density at radius 3 is 2.67 bits per heavy atom. The third-order valence-electron chi connectivity index (χ3n) is 6.38. The minimum Gasteiger partial charge on any atom is -0.396 e. The molecule has 0 radical (unpaired) electrons. The van der Waals surface area contributed by atoms with Crippen LogP contribution < -0.4 is 10.6 Å². The monoisotopic (exact) mass is 415 g/mol. The van der Waals surface area contributed by atoms with Gasteiger partial charge in [0, 0.05) is 24.9 Å². The van der Waals surface area contributed by atoms with Gasteiger partial charge in [0.15, 0.2) is 0 Å². The molecule has 1 spiro atoms. The van der Waals surface area contributed by atoms with Crippen molar-refractivity contribution < 1.29 is 24.2 Å². The van der Waals surface area contributed by atoms with Crippen LogP contribution in [0.25, 0.3) is 0 Å². The third kappa shape index (κ3) is 3.28. The number of hydrogen-bond acceptors (Lipinski definition) is 5. The van der Waals surface area contributed by atoms with E-state index in [1.165, 1.54) is 4.90 Å². The average molecular weight is 415 g/mol. The molecule has 3 fully saturated rings. The summed E-state index contributed by atoms with van der Waals surface area (Å²) in [5.74, 6) is -2.08. The van der Waals surface area contributed by atoms with Crippen LogP contribution in [-0.4, -0.2) is 64.7 Å². The Balaban J connectivity index is 1.65. The minimum atomic E-state index is -0.991. The van der Waals surface area contributed by atoms with Crippen LogP contribution in [0.15, 0.2) is 30.3 Å². The number of aliphatic hydroxyl groups excluding tert-OH is 1. The molecular weight excluding hydrogens is 386 g/mol. The molecule has 3 aliphatic heterocycles. The van der Waals surface area contributed by atoms with Crippen molar-refractivity contribution in [3.63, 3.8) is 0 Å². The number of carbonyl (C=O) groups is 3. The van der Waals surface area contributed by atoms with Crippen molar-refractivity contribution in [1.29, 1.82) is 0 Å². The van der Waals surface area contributed by atoms with E-state index < -0.39 is 23.5 Å². The molecule has 8 nitrogen and oxygen atoms in total. The summed E-state index contributed by atoms with van der Waals surface area (Å²) < 4.78 is 6.30. The first-order valence-electron chi connectivity index (χ1n) is 10.6. The Morgan fingerprint density at radius 2 is 2.00 bits per heavy atom. The summed E-state index contributed by atoms with van der Waals surface area (Å²) in [5, 5.41) is 15.1. The van der Waals surface area contributed by atoms with Gasteiger partial charge in [-0.1, -0.05) is 18.2 Å². The summed E-state index contributed by atoms with van der Waals surface area (Å²) in [6.45, 7) is 3.90. The molecule has 1 aromatic rings. The first kappa shape index (κ1) is 20.8. The number of rotatable bonds is 7. The molecule has 4 rings (SSSR count). The molecule has 2 unspecified atom stereocenters. The van der Waals surface area contributed by atoms with E-state index in [2.05, 4.69) is 10.6 Å². The number of aliphatic hydroxyl groups is 1. The average Bonchev–Trinajstić information content (AvgIpc) is 3.34. The molecule has 5 atom stereocenters. The number of carbonyl (C=O) groups excluding carboxylic acids is 3. The van der Waals surface area contributed by atoms with E-state index in [1.807, 2.05) is 32.0 Å². The lowest BCUT2D eigenvalue weighted by Crippen LogP contribution is -2.56. The largest absolute Gasteiger partial charge is 0.396 e. The normalized spacial score (nSPS) is 31.9. The van der Waals surface area contributed by atoms with Crippen molar-refractivity contribution in [2.45, 2.75) is 56.9 Å². The minimum absolute atomic E-state index is 0.0820. The Hall–Kier alpha value is -2.45. The summed E-state index contributed by atoms with van der Waals surface area (Å²) in [7, 11) is 0. The molecule has 3 aliphatic rings. The zero-order chi connectivity index (χ0) is 21.5. The summed E-state index contributed by atoms with van der Waals surface area (Å²) in [6.07, 6.45) is 1.19. The van der Waals surface area contributed by atoms with Gasteiger partial charge in [-0.25, -0.2) is 0 Å². The second kappa shape index (κ2) is 8.00. The van der Waals surface area contributed by atoms with Gasteiger partial charge in [-0.15, -0.1) is 0 Å². The lowest BCUT2D eigenvalue weighted by Gasteiger charge is -2.33. The molecule has 1 aromatic carbocycles. The fourth-order valence-electron chi connectivity index (χ4n) is 5.35. The highest BCUT2D eigenvalue weighted by Gasteiger charge is 2.74. The third-order valence-corrected chi connectivity index (χ3v) is 6.38. The fourth-order valence-corrected chi connectivity index (χ4v) is 5.35. The predicted molar refractivity (Wildman–Crippen MR) is 109 cm³/mol. The molecule has 162 valence electrons. The van der Waals surface area contributed by atoms with Crippen LogP contribution in [0, 0.1) is 11.8 Å². The Morgan fingerprint density at radius 1 is 1.27 bits per heavy atom. The van der Waals surface area contributed by atoms with Crippen LogP contribution in [-0.2, 0) is 19.1 Å². The number of fused-ring (bicyclic) bond motifs is 1. The second-order valence-electron chi connectivity index (χ2n) is 8.68. The number of nitrogens with one attached hydrogen (secondary N) is 2. The Kier molecular flexibility index (Phi) is 5.55. The lowest BCUT2D eigenvalue weighted by atomic mass is 9.70. The van der Waals surface area contributed by atoms with Crippen LogP contribution in [0.5, 0.6) is 0 Å². The topological polar surface area (TPSA) is 108 Å². The lowest BCUT2D eigenvalue weighted by molar-refractivity contribution is -0.141. The number of nitrogens with zero attached hydrogens (tertiary/aromatic N) is 1. The highest BCUT2D eigenvalue weighted by Crippen LogP contribution is 2.58. The van der Waals surface area contributed by atoms with Crippen molar-refractivity contribution in [1.82, 2.24) is 10.2 Å². The van der Waals surface area contributed by atoms with Crippen LogP contribution >= 0.6 is 0 Å². The summed E-state index contributed by atoms with van der Waals surface area (Å²) in [4.78, 5) is 41.2. The van der Waals surface area contributed by atoms with Crippen molar-refractivity contribution in [2.75, 3.05) is 18.5 Å². The summed E-state index contributed by atoms with van der Waals surface area (Å²) in [6, 6.07) is 8.25. The molecular formula is C22H29N3O5. The van der Waals surface area contributed by atoms with Gasteiger partial charge in [-0.3, -0.25) is 14.4 Å². The van der Waals surface area contributed by atoms with Crippen molar-refractivity contribution in [2.24, 2.45) is 11.8 Å². The quantitative estimate of drug-likeness (QED) is 0.613. The highest BCUT2D eigenvalue weighted by molar-refractivity contribution is 6.02. The zero-order valence-electron chi connectivity index (χ0n) is 17.3. The number of likely N-dealkylation sites (tertiary alicyclic amines) is 1. The maximum atomic E-state index is 13.4. The van der Waals surface area contributed by atoms with Crippen LogP contribution in [0.3, 0.4) is 0 Å². The van der Waals surface area contributed by atoms with E-state index in [1.54, 1.807) is 12.1 Å². The number of para-hydroxylation sites is 1. The molecule has 0 saturated carbocycles. The smallest absolute Gasteiger partial charge is 0.246 e. The first-order valence-corrected chi connectivity index (χ1v) is 10.6. The van der Waals surface area contributed by atoms with Crippen molar-refractivity contribution in [3.05, 3.63) is 30.3 Å². The molecule has 3 heterocycles. The predicted octanol–water partition coefficient (Wildman–Crippen LogP) is 0.907. The molecule has 3 saturated heterocycles. The van der Waals surface area contributed by atoms with Gasteiger partial charge in [0.05, 0.1) is 17.9 Å². The number of hydrogen-bond donors (Lipinski definition) is 3. The molecule has 3 amide bonds. The van der Waals surface area contributed by atoms with E-state index in [9.17, 15) is 19.5 Å². The standard InChI is InChI=1S/C22H29N3O5/c1-13(2)23-20(28)18-22-10-9-15(30-22)16(17(22)21(29)25(18)11-6-12-26)19(27)24-14-7-4-3-5-8-14/h3-5,7-8,13,15-18,26H,6,9-12H2,1-2H3,(H,23,28)(H,24,27)/t15-,16+,17-,18?,22?/m0/s1. The van der Waals surface area contributed by atoms with Crippen LogP contribution in [0.4, 0.5) is 5.69 Å². The Bertz CT molecular complexity index is 829. The molecule has 30 heavy (non-hydrogen) atoms. The number of benzene rings is 1. The van der Waals surface area contributed by atoms with E-state index in [4.69, 9.17) is 4.74 Å². The van der Waals surface area contributed by atoms with Crippen molar-refractivity contribution >= 4 is 23.4 Å². The maximum absolute atomic E-state index is 13.4. The SMILES string of the molecule is CC(C)NC(=O)C1N(CCCO)C(=O)[C@@H]2[C@H](C(=O)Nc3ccccc3)[C@@H]3CCC12O3. The number of ether oxygens (including phenoxy) is 1. The van der Waals surface area contributed by atoms with Gasteiger partial charge in [0.25, 0.3) is 0 Å². The summed E-state index contributed by atoms with van der Waals surface area (Å²) >= 11 is 0. The maximum Gasteiger partial charge on any atom is 0.246 e. The molecule has 0 aliphatic carbocycles. The van der Waals surface area contributed by atoms with Gasteiger partial charge in [-0.2, -0.15) is 0 Å². The fraction of sp³-hybridized carbons (Fsp3) is 0.591. The number of anilines is 1.